The highest BCUT2D eigenvalue weighted by Crippen LogP contribution is 2.21. The van der Waals surface area contributed by atoms with Crippen molar-refractivity contribution in [3.63, 3.8) is 0 Å². The van der Waals surface area contributed by atoms with E-state index < -0.39 is 0 Å². The SMILES string of the molecule is CCc1cc(C(=O)NCCNC(=O)c2ccco2)sc1C. The van der Waals surface area contributed by atoms with Gasteiger partial charge < -0.3 is 15.1 Å². The largest absolute Gasteiger partial charge is 0.459 e. The van der Waals surface area contributed by atoms with E-state index in [2.05, 4.69) is 17.6 Å². The minimum absolute atomic E-state index is 0.102. The average molecular weight is 306 g/mol. The molecular formula is C15H18N2O3S. The molecule has 5 nitrogen and oxygen atoms in total. The number of furan rings is 1. The Labute approximate surface area is 127 Å². The summed E-state index contributed by atoms with van der Waals surface area (Å²) < 4.78 is 4.97. The fourth-order valence-electron chi connectivity index (χ4n) is 1.92. The Morgan fingerprint density at radius 2 is 1.95 bits per heavy atom. The van der Waals surface area contributed by atoms with Crippen molar-refractivity contribution in [2.45, 2.75) is 20.3 Å². The number of thiophene rings is 1. The number of aryl methyl sites for hydroxylation is 2. The van der Waals surface area contributed by atoms with E-state index in [0.717, 1.165) is 6.42 Å². The van der Waals surface area contributed by atoms with Crippen LogP contribution in [0.4, 0.5) is 0 Å². The van der Waals surface area contributed by atoms with Gasteiger partial charge in [-0.3, -0.25) is 9.59 Å². The summed E-state index contributed by atoms with van der Waals surface area (Å²) in [7, 11) is 0. The van der Waals surface area contributed by atoms with E-state index in [0.29, 0.717) is 18.0 Å². The maximum atomic E-state index is 12.0. The first kappa shape index (κ1) is 15.3. The fourth-order valence-corrected chi connectivity index (χ4v) is 2.95. The third kappa shape index (κ3) is 3.95. The van der Waals surface area contributed by atoms with Crippen molar-refractivity contribution in [3.8, 4) is 0 Å². The molecule has 0 saturated carbocycles. The first-order valence-electron chi connectivity index (χ1n) is 6.81. The predicted molar refractivity (Wildman–Crippen MR) is 81.8 cm³/mol. The normalized spacial score (nSPS) is 10.4. The Hall–Kier alpha value is -2.08. The topological polar surface area (TPSA) is 71.3 Å². The Morgan fingerprint density at radius 3 is 2.52 bits per heavy atom. The molecule has 0 spiro atoms. The average Bonchev–Trinajstić information content (AvgIpc) is 3.12. The fraction of sp³-hybridized carbons (Fsp3) is 0.333. The molecule has 0 fully saturated rings. The molecule has 0 aliphatic carbocycles. The van der Waals surface area contributed by atoms with Crippen LogP contribution < -0.4 is 10.6 Å². The first-order chi connectivity index (χ1) is 10.1. The van der Waals surface area contributed by atoms with Crippen molar-refractivity contribution in [1.82, 2.24) is 10.6 Å². The van der Waals surface area contributed by atoms with Gasteiger partial charge >= 0.3 is 0 Å². The highest BCUT2D eigenvalue weighted by Gasteiger charge is 2.11. The minimum Gasteiger partial charge on any atom is -0.459 e. The summed E-state index contributed by atoms with van der Waals surface area (Å²) in [6.07, 6.45) is 2.37. The van der Waals surface area contributed by atoms with Crippen molar-refractivity contribution >= 4 is 23.2 Å². The molecule has 2 aromatic rings. The van der Waals surface area contributed by atoms with Gasteiger partial charge in [0.05, 0.1) is 11.1 Å². The molecule has 2 amide bonds. The summed E-state index contributed by atoms with van der Waals surface area (Å²) >= 11 is 1.50. The van der Waals surface area contributed by atoms with Gasteiger partial charge in [-0.2, -0.15) is 0 Å². The third-order valence-corrected chi connectivity index (χ3v) is 4.16. The monoisotopic (exact) mass is 306 g/mol. The highest BCUT2D eigenvalue weighted by molar-refractivity contribution is 7.14. The van der Waals surface area contributed by atoms with E-state index in [9.17, 15) is 9.59 Å². The molecule has 2 heterocycles. The summed E-state index contributed by atoms with van der Waals surface area (Å²) in [4.78, 5) is 25.4. The number of hydrogen-bond donors (Lipinski definition) is 2. The zero-order valence-corrected chi connectivity index (χ0v) is 12.9. The molecule has 0 radical (unpaired) electrons. The molecule has 0 bridgehead atoms. The van der Waals surface area contributed by atoms with Crippen LogP contribution in [0, 0.1) is 6.92 Å². The number of rotatable bonds is 6. The summed E-state index contributed by atoms with van der Waals surface area (Å²) in [6.45, 7) is 4.82. The molecule has 2 aromatic heterocycles. The van der Waals surface area contributed by atoms with Crippen molar-refractivity contribution < 1.29 is 14.0 Å². The third-order valence-electron chi connectivity index (χ3n) is 3.07. The van der Waals surface area contributed by atoms with Crippen molar-refractivity contribution in [3.05, 3.63) is 45.5 Å². The Kier molecular flexibility index (Phi) is 5.16. The molecule has 112 valence electrons. The van der Waals surface area contributed by atoms with Crippen LogP contribution in [0.5, 0.6) is 0 Å². The Morgan fingerprint density at radius 1 is 1.24 bits per heavy atom. The van der Waals surface area contributed by atoms with E-state index in [1.165, 1.54) is 28.0 Å². The van der Waals surface area contributed by atoms with Gasteiger partial charge in [-0.1, -0.05) is 6.92 Å². The lowest BCUT2D eigenvalue weighted by molar-refractivity contribution is 0.0911. The molecule has 21 heavy (non-hydrogen) atoms. The lowest BCUT2D eigenvalue weighted by atomic mass is 10.2. The van der Waals surface area contributed by atoms with Crippen molar-refractivity contribution in [2.75, 3.05) is 13.1 Å². The number of nitrogens with one attached hydrogen (secondary N) is 2. The molecule has 0 unspecified atom stereocenters. The van der Waals surface area contributed by atoms with Gasteiger partial charge in [-0.15, -0.1) is 11.3 Å². The van der Waals surface area contributed by atoms with Crippen LogP contribution in [0.1, 0.15) is 37.6 Å². The highest BCUT2D eigenvalue weighted by atomic mass is 32.1. The van der Waals surface area contributed by atoms with E-state index in [1.807, 2.05) is 13.0 Å². The molecule has 0 saturated heterocycles. The van der Waals surface area contributed by atoms with Crippen molar-refractivity contribution in [2.24, 2.45) is 0 Å². The van der Waals surface area contributed by atoms with Crippen LogP contribution in [0.15, 0.2) is 28.9 Å². The van der Waals surface area contributed by atoms with Gasteiger partial charge in [-0.25, -0.2) is 0 Å². The maximum absolute atomic E-state index is 12.0. The second-order valence-corrected chi connectivity index (χ2v) is 5.79. The molecule has 0 aromatic carbocycles. The number of carbonyl (C=O) groups is 2. The number of hydrogen-bond acceptors (Lipinski definition) is 4. The van der Waals surface area contributed by atoms with Crippen LogP contribution in [0.25, 0.3) is 0 Å². The smallest absolute Gasteiger partial charge is 0.287 e. The van der Waals surface area contributed by atoms with Gasteiger partial charge in [0.15, 0.2) is 5.76 Å². The number of carbonyl (C=O) groups excluding carboxylic acids is 2. The summed E-state index contributed by atoms with van der Waals surface area (Å²) in [6, 6.07) is 5.17. The molecule has 0 aliphatic rings. The van der Waals surface area contributed by atoms with Crippen LogP contribution >= 0.6 is 11.3 Å². The van der Waals surface area contributed by atoms with Crippen LogP contribution in [-0.2, 0) is 6.42 Å². The number of amides is 2. The predicted octanol–water partition coefficient (Wildman–Crippen LogP) is 2.37. The minimum atomic E-state index is -0.283. The van der Waals surface area contributed by atoms with Crippen LogP contribution in [0.2, 0.25) is 0 Å². The zero-order valence-electron chi connectivity index (χ0n) is 12.1. The quantitative estimate of drug-likeness (QED) is 0.805. The van der Waals surface area contributed by atoms with Crippen LogP contribution in [-0.4, -0.2) is 24.9 Å². The van der Waals surface area contributed by atoms with E-state index in [-0.39, 0.29) is 17.6 Å². The molecule has 2 N–H and O–H groups in total. The van der Waals surface area contributed by atoms with Gasteiger partial charge in [0, 0.05) is 18.0 Å². The molecule has 0 atom stereocenters. The Bertz CT molecular complexity index is 617. The van der Waals surface area contributed by atoms with Gasteiger partial charge in [0.25, 0.3) is 11.8 Å². The van der Waals surface area contributed by atoms with E-state index in [4.69, 9.17) is 4.42 Å². The maximum Gasteiger partial charge on any atom is 0.287 e. The summed E-state index contributed by atoms with van der Waals surface area (Å²) in [5.74, 6) is -0.118. The Balaban J connectivity index is 1.75. The lowest BCUT2D eigenvalue weighted by Crippen LogP contribution is -2.34. The van der Waals surface area contributed by atoms with E-state index >= 15 is 0 Å². The van der Waals surface area contributed by atoms with Crippen molar-refractivity contribution in [1.29, 1.82) is 0 Å². The van der Waals surface area contributed by atoms with Crippen LogP contribution in [0.3, 0.4) is 0 Å². The molecule has 2 rings (SSSR count). The lowest BCUT2D eigenvalue weighted by Gasteiger charge is -2.04. The second-order valence-electron chi connectivity index (χ2n) is 4.53. The zero-order chi connectivity index (χ0) is 15.2. The second kappa shape index (κ2) is 7.08. The van der Waals surface area contributed by atoms with Gasteiger partial charge in [-0.05, 0) is 37.1 Å². The van der Waals surface area contributed by atoms with Gasteiger partial charge in [0.2, 0.25) is 0 Å². The molecular weight excluding hydrogens is 288 g/mol. The summed E-state index contributed by atoms with van der Waals surface area (Å²) in [5.41, 5.74) is 1.20. The molecule has 0 aliphatic heterocycles. The van der Waals surface area contributed by atoms with Gasteiger partial charge in [0.1, 0.15) is 0 Å². The first-order valence-corrected chi connectivity index (χ1v) is 7.62. The van der Waals surface area contributed by atoms with E-state index in [1.54, 1.807) is 12.1 Å². The molecule has 6 heteroatoms. The standard InChI is InChI=1S/C15H18N2O3S/c1-3-11-9-13(21-10(11)2)15(19)17-7-6-16-14(18)12-5-4-8-20-12/h4-5,8-9H,3,6-7H2,1-2H3,(H,16,18)(H,17,19). The summed E-state index contributed by atoms with van der Waals surface area (Å²) in [5, 5.41) is 5.47.